The minimum absolute atomic E-state index is 0.0801. The van der Waals surface area contributed by atoms with E-state index in [1.807, 2.05) is 18.2 Å². The molecule has 0 amide bonds. The fourth-order valence-electron chi connectivity index (χ4n) is 3.36. The molecule has 2 unspecified atom stereocenters. The van der Waals surface area contributed by atoms with Crippen LogP contribution in [0.2, 0.25) is 5.02 Å². The van der Waals surface area contributed by atoms with Crippen molar-refractivity contribution in [3.63, 3.8) is 0 Å². The lowest BCUT2D eigenvalue weighted by atomic mass is 9.94. The summed E-state index contributed by atoms with van der Waals surface area (Å²) in [6, 6.07) is 5.95. The van der Waals surface area contributed by atoms with Crippen molar-refractivity contribution in [1.29, 1.82) is 0 Å². The molecular weight excluding hydrogens is 326 g/mol. The highest BCUT2D eigenvalue weighted by Gasteiger charge is 2.47. The average molecular weight is 343 g/mol. The lowest BCUT2D eigenvalue weighted by Crippen LogP contribution is -2.50. The van der Waals surface area contributed by atoms with Crippen LogP contribution in [0.3, 0.4) is 0 Å². The Morgan fingerprint density at radius 1 is 1.53 bits per heavy atom. The van der Waals surface area contributed by atoms with Gasteiger partial charge in [-0.25, -0.2) is 0 Å². The van der Waals surface area contributed by atoms with E-state index in [2.05, 4.69) is 32.7 Å². The third-order valence-corrected chi connectivity index (χ3v) is 5.45. The SMILES string of the molecule is CC1CCC2(CN=C(N)N2c2ccc(Cl)c(Br)c2)C1. The van der Waals surface area contributed by atoms with Crippen molar-refractivity contribution in [2.75, 3.05) is 11.4 Å². The van der Waals surface area contributed by atoms with Gasteiger partial charge in [-0.2, -0.15) is 0 Å². The van der Waals surface area contributed by atoms with Crippen LogP contribution in [-0.2, 0) is 0 Å². The second kappa shape index (κ2) is 4.67. The summed E-state index contributed by atoms with van der Waals surface area (Å²) >= 11 is 9.55. The summed E-state index contributed by atoms with van der Waals surface area (Å²) in [7, 11) is 0. The Balaban J connectivity index is 2.00. The molecule has 1 aliphatic carbocycles. The van der Waals surface area contributed by atoms with Gasteiger partial charge in [-0.05, 0) is 59.3 Å². The van der Waals surface area contributed by atoms with Gasteiger partial charge in [-0.15, -0.1) is 0 Å². The maximum atomic E-state index is 6.13. The molecule has 1 aromatic rings. The van der Waals surface area contributed by atoms with E-state index >= 15 is 0 Å². The third kappa shape index (κ3) is 2.15. The number of nitrogens with two attached hydrogens (primary N) is 1. The van der Waals surface area contributed by atoms with E-state index in [0.29, 0.717) is 11.0 Å². The number of hydrogen-bond donors (Lipinski definition) is 1. The number of rotatable bonds is 1. The summed E-state index contributed by atoms with van der Waals surface area (Å²) < 4.78 is 0.896. The largest absolute Gasteiger partial charge is 0.369 e. The molecule has 0 bridgehead atoms. The molecule has 19 heavy (non-hydrogen) atoms. The molecule has 1 spiro atoms. The van der Waals surface area contributed by atoms with E-state index in [0.717, 1.165) is 35.5 Å². The van der Waals surface area contributed by atoms with E-state index in [9.17, 15) is 0 Å². The van der Waals surface area contributed by atoms with Gasteiger partial charge in [0, 0.05) is 10.2 Å². The highest BCUT2D eigenvalue weighted by Crippen LogP contribution is 2.44. The Bertz CT molecular complexity index is 545. The van der Waals surface area contributed by atoms with Crippen LogP contribution in [0.1, 0.15) is 26.2 Å². The van der Waals surface area contributed by atoms with Crippen molar-refractivity contribution >= 4 is 39.2 Å². The molecule has 0 aromatic heterocycles. The molecule has 2 aliphatic rings. The topological polar surface area (TPSA) is 41.6 Å². The minimum Gasteiger partial charge on any atom is -0.369 e. The van der Waals surface area contributed by atoms with Crippen LogP contribution in [0, 0.1) is 5.92 Å². The molecule has 1 heterocycles. The van der Waals surface area contributed by atoms with E-state index in [-0.39, 0.29) is 5.54 Å². The summed E-state index contributed by atoms with van der Waals surface area (Å²) in [5.41, 5.74) is 7.28. The Hall–Kier alpha value is -0.740. The van der Waals surface area contributed by atoms with E-state index < -0.39 is 0 Å². The van der Waals surface area contributed by atoms with Crippen LogP contribution in [0.5, 0.6) is 0 Å². The van der Waals surface area contributed by atoms with Crippen molar-refractivity contribution in [1.82, 2.24) is 0 Å². The molecule has 1 fully saturated rings. The minimum atomic E-state index is 0.0801. The Morgan fingerprint density at radius 2 is 2.32 bits per heavy atom. The maximum absolute atomic E-state index is 6.13. The molecule has 3 nitrogen and oxygen atoms in total. The van der Waals surface area contributed by atoms with Gasteiger partial charge in [-0.3, -0.25) is 4.99 Å². The molecule has 2 N–H and O–H groups in total. The first-order valence-electron chi connectivity index (χ1n) is 6.57. The predicted molar refractivity (Wildman–Crippen MR) is 83.9 cm³/mol. The molecule has 3 rings (SSSR count). The van der Waals surface area contributed by atoms with Crippen LogP contribution >= 0.6 is 27.5 Å². The first kappa shape index (κ1) is 13.3. The van der Waals surface area contributed by atoms with Crippen LogP contribution in [0.4, 0.5) is 5.69 Å². The average Bonchev–Trinajstić information content (AvgIpc) is 2.88. The van der Waals surface area contributed by atoms with Crippen LogP contribution < -0.4 is 10.6 Å². The highest BCUT2D eigenvalue weighted by atomic mass is 79.9. The van der Waals surface area contributed by atoms with E-state index in [1.54, 1.807) is 0 Å². The summed E-state index contributed by atoms with van der Waals surface area (Å²) in [4.78, 5) is 6.69. The summed E-state index contributed by atoms with van der Waals surface area (Å²) in [5.74, 6) is 1.36. The van der Waals surface area contributed by atoms with Gasteiger partial charge in [0.1, 0.15) is 0 Å². The van der Waals surface area contributed by atoms with Gasteiger partial charge in [0.2, 0.25) is 0 Å². The number of halogens is 2. The van der Waals surface area contributed by atoms with Gasteiger partial charge in [0.25, 0.3) is 0 Å². The third-order valence-electron chi connectivity index (χ3n) is 4.23. The van der Waals surface area contributed by atoms with E-state index in [4.69, 9.17) is 17.3 Å². The number of nitrogens with zero attached hydrogens (tertiary/aromatic N) is 2. The summed E-state index contributed by atoms with van der Waals surface area (Å²) in [6.45, 7) is 3.11. The molecule has 0 radical (unpaired) electrons. The first-order chi connectivity index (χ1) is 9.02. The predicted octanol–water partition coefficient (Wildman–Crippen LogP) is 3.80. The zero-order valence-electron chi connectivity index (χ0n) is 10.9. The second-order valence-electron chi connectivity index (χ2n) is 5.68. The van der Waals surface area contributed by atoms with Crippen LogP contribution in [0.15, 0.2) is 27.7 Å². The molecule has 102 valence electrons. The van der Waals surface area contributed by atoms with Crippen molar-refractivity contribution in [2.45, 2.75) is 31.7 Å². The molecule has 5 heteroatoms. The molecule has 2 atom stereocenters. The van der Waals surface area contributed by atoms with Gasteiger partial charge in [0.05, 0.1) is 17.1 Å². The normalized spacial score (nSPS) is 30.2. The lowest BCUT2D eigenvalue weighted by Gasteiger charge is -2.36. The highest BCUT2D eigenvalue weighted by molar-refractivity contribution is 9.10. The van der Waals surface area contributed by atoms with Gasteiger partial charge >= 0.3 is 0 Å². The summed E-state index contributed by atoms with van der Waals surface area (Å²) in [6.07, 6.45) is 3.55. The standard InChI is InChI=1S/C14H17BrClN3/c1-9-4-5-14(7-9)8-18-13(17)19(14)10-2-3-12(16)11(15)6-10/h2-3,6,9H,4-5,7-8H2,1H3,(H2,17,18). The summed E-state index contributed by atoms with van der Waals surface area (Å²) in [5, 5.41) is 0.715. The second-order valence-corrected chi connectivity index (χ2v) is 6.94. The number of aliphatic imine (C=N–C) groups is 1. The van der Waals surface area contributed by atoms with Crippen molar-refractivity contribution in [2.24, 2.45) is 16.6 Å². The fraction of sp³-hybridized carbons (Fsp3) is 0.500. The number of guanidine groups is 1. The quantitative estimate of drug-likeness (QED) is 0.843. The monoisotopic (exact) mass is 341 g/mol. The molecule has 0 saturated heterocycles. The Kier molecular flexibility index (Phi) is 3.26. The number of hydrogen-bond acceptors (Lipinski definition) is 3. The molecular formula is C14H17BrClN3. The zero-order chi connectivity index (χ0) is 13.6. The number of anilines is 1. The zero-order valence-corrected chi connectivity index (χ0v) is 13.2. The molecule has 1 saturated carbocycles. The van der Waals surface area contributed by atoms with Crippen molar-refractivity contribution in [3.8, 4) is 0 Å². The van der Waals surface area contributed by atoms with Gasteiger partial charge in [0.15, 0.2) is 5.96 Å². The smallest absolute Gasteiger partial charge is 0.196 e. The maximum Gasteiger partial charge on any atom is 0.196 e. The van der Waals surface area contributed by atoms with Crippen molar-refractivity contribution in [3.05, 3.63) is 27.7 Å². The fourth-order valence-corrected chi connectivity index (χ4v) is 3.84. The lowest BCUT2D eigenvalue weighted by molar-refractivity contribution is 0.452. The van der Waals surface area contributed by atoms with Crippen molar-refractivity contribution < 1.29 is 0 Å². The van der Waals surface area contributed by atoms with Crippen LogP contribution in [0.25, 0.3) is 0 Å². The Labute approximate surface area is 127 Å². The van der Waals surface area contributed by atoms with Gasteiger partial charge < -0.3 is 10.6 Å². The molecule has 1 aromatic carbocycles. The molecule has 1 aliphatic heterocycles. The van der Waals surface area contributed by atoms with Crippen LogP contribution in [-0.4, -0.2) is 18.0 Å². The Morgan fingerprint density at radius 3 is 2.95 bits per heavy atom. The van der Waals surface area contributed by atoms with Gasteiger partial charge in [-0.1, -0.05) is 18.5 Å². The van der Waals surface area contributed by atoms with E-state index in [1.165, 1.54) is 6.42 Å². The number of benzene rings is 1. The first-order valence-corrected chi connectivity index (χ1v) is 7.74.